The molecular weight excluding hydrogens is 247 g/mol. The normalized spacial score (nSPS) is 20.1. The van der Waals surface area contributed by atoms with Gasteiger partial charge in [-0.3, -0.25) is 0 Å². The molecule has 1 aromatic heterocycles. The van der Waals surface area contributed by atoms with E-state index in [2.05, 4.69) is 10.3 Å². The lowest BCUT2D eigenvalue weighted by molar-refractivity contribution is -0.141. The fourth-order valence-corrected chi connectivity index (χ4v) is 1.77. The molecule has 0 aliphatic carbocycles. The van der Waals surface area contributed by atoms with Gasteiger partial charge in [0.15, 0.2) is 0 Å². The number of nitrogens with one attached hydrogen (secondary N) is 1. The molecule has 1 unspecified atom stereocenters. The first kappa shape index (κ1) is 12.9. The van der Waals surface area contributed by atoms with E-state index in [1.54, 1.807) is 0 Å². The van der Waals surface area contributed by atoms with Crippen molar-refractivity contribution in [3.8, 4) is 0 Å². The zero-order chi connectivity index (χ0) is 13.2. The second kappa shape index (κ2) is 5.01. The average Bonchev–Trinajstić information content (AvgIpc) is 2.79. The fourth-order valence-electron chi connectivity index (χ4n) is 1.77. The van der Waals surface area contributed by atoms with Crippen molar-refractivity contribution in [2.24, 2.45) is 5.92 Å². The van der Waals surface area contributed by atoms with Gasteiger partial charge < -0.3 is 15.8 Å². The summed E-state index contributed by atoms with van der Waals surface area (Å²) in [6.07, 6.45) is -2.53. The van der Waals surface area contributed by atoms with Gasteiger partial charge in [0.1, 0.15) is 5.69 Å². The van der Waals surface area contributed by atoms with E-state index >= 15 is 0 Å². The molecule has 1 aliphatic rings. The van der Waals surface area contributed by atoms with E-state index in [-0.39, 0.29) is 11.4 Å². The molecule has 1 atom stereocenters. The summed E-state index contributed by atoms with van der Waals surface area (Å²) in [7, 11) is 0. The van der Waals surface area contributed by atoms with E-state index in [1.807, 2.05) is 0 Å². The number of aromatic nitrogens is 1. The van der Waals surface area contributed by atoms with E-state index in [9.17, 15) is 13.2 Å². The van der Waals surface area contributed by atoms with Crippen LogP contribution in [0.3, 0.4) is 0 Å². The minimum Gasteiger partial charge on any atom is -0.396 e. The fraction of sp³-hybridized carbons (Fsp3) is 0.545. The summed E-state index contributed by atoms with van der Waals surface area (Å²) in [5, 5.41) is 2.92. The molecule has 4 nitrogen and oxygen atoms in total. The topological polar surface area (TPSA) is 60.2 Å². The highest BCUT2D eigenvalue weighted by molar-refractivity contribution is 5.65. The average molecular weight is 261 g/mol. The number of anilines is 2. The molecule has 0 aromatic carbocycles. The third kappa shape index (κ3) is 3.04. The van der Waals surface area contributed by atoms with Crippen LogP contribution in [0.2, 0.25) is 0 Å². The van der Waals surface area contributed by atoms with Crippen molar-refractivity contribution in [1.82, 2.24) is 4.98 Å². The molecule has 1 saturated heterocycles. The molecule has 1 aliphatic heterocycles. The van der Waals surface area contributed by atoms with Crippen molar-refractivity contribution in [1.29, 1.82) is 0 Å². The SMILES string of the molecule is Nc1cnc(C(F)(F)F)cc1NCC1CCOC1. The van der Waals surface area contributed by atoms with Crippen molar-refractivity contribution in [3.05, 3.63) is 18.0 Å². The van der Waals surface area contributed by atoms with Gasteiger partial charge in [-0.2, -0.15) is 13.2 Å². The third-order valence-corrected chi connectivity index (χ3v) is 2.83. The number of rotatable bonds is 3. The van der Waals surface area contributed by atoms with Crippen molar-refractivity contribution < 1.29 is 17.9 Å². The summed E-state index contributed by atoms with van der Waals surface area (Å²) in [6, 6.07) is 0.936. The molecule has 0 spiro atoms. The van der Waals surface area contributed by atoms with Crippen LogP contribution >= 0.6 is 0 Å². The Balaban J connectivity index is 2.06. The minimum atomic E-state index is -4.46. The Hall–Kier alpha value is -1.50. The van der Waals surface area contributed by atoms with Crippen molar-refractivity contribution in [2.75, 3.05) is 30.8 Å². The highest BCUT2D eigenvalue weighted by Gasteiger charge is 2.33. The molecule has 2 rings (SSSR count). The van der Waals surface area contributed by atoms with E-state index in [0.717, 1.165) is 18.7 Å². The van der Waals surface area contributed by atoms with Crippen LogP contribution in [0.25, 0.3) is 0 Å². The van der Waals surface area contributed by atoms with E-state index in [1.165, 1.54) is 0 Å². The van der Waals surface area contributed by atoms with Crippen LogP contribution < -0.4 is 11.1 Å². The van der Waals surface area contributed by atoms with Gasteiger partial charge in [0.05, 0.1) is 24.2 Å². The quantitative estimate of drug-likeness (QED) is 0.875. The van der Waals surface area contributed by atoms with Gasteiger partial charge in [0, 0.05) is 19.1 Å². The predicted molar refractivity (Wildman–Crippen MR) is 61.1 cm³/mol. The van der Waals surface area contributed by atoms with Gasteiger partial charge in [-0.05, 0) is 12.5 Å². The lowest BCUT2D eigenvalue weighted by Crippen LogP contribution is -2.16. The lowest BCUT2D eigenvalue weighted by atomic mass is 10.1. The van der Waals surface area contributed by atoms with Crippen molar-refractivity contribution in [3.63, 3.8) is 0 Å². The molecule has 100 valence electrons. The number of nitrogen functional groups attached to an aromatic ring is 1. The smallest absolute Gasteiger partial charge is 0.396 e. The number of hydrogen-bond acceptors (Lipinski definition) is 4. The number of ether oxygens (including phenoxy) is 1. The number of alkyl halides is 3. The number of nitrogens with two attached hydrogens (primary N) is 1. The maximum Gasteiger partial charge on any atom is 0.433 e. The molecule has 0 amide bonds. The molecule has 1 fully saturated rings. The number of hydrogen-bond donors (Lipinski definition) is 2. The maximum atomic E-state index is 12.5. The van der Waals surface area contributed by atoms with Gasteiger partial charge in [-0.15, -0.1) is 0 Å². The largest absolute Gasteiger partial charge is 0.433 e. The summed E-state index contributed by atoms with van der Waals surface area (Å²) in [5.74, 6) is 0.312. The zero-order valence-corrected chi connectivity index (χ0v) is 9.63. The summed E-state index contributed by atoms with van der Waals surface area (Å²) in [6.45, 7) is 1.88. The summed E-state index contributed by atoms with van der Waals surface area (Å²) in [4.78, 5) is 3.28. The van der Waals surface area contributed by atoms with Gasteiger partial charge in [0.2, 0.25) is 0 Å². The molecule has 0 saturated carbocycles. The second-order valence-electron chi connectivity index (χ2n) is 4.27. The molecule has 18 heavy (non-hydrogen) atoms. The van der Waals surface area contributed by atoms with Crippen LogP contribution in [-0.4, -0.2) is 24.7 Å². The van der Waals surface area contributed by atoms with Gasteiger partial charge >= 0.3 is 6.18 Å². The third-order valence-electron chi connectivity index (χ3n) is 2.83. The van der Waals surface area contributed by atoms with Crippen LogP contribution in [0.4, 0.5) is 24.5 Å². The summed E-state index contributed by atoms with van der Waals surface area (Å²) >= 11 is 0. The first-order chi connectivity index (χ1) is 8.47. The number of pyridine rings is 1. The Kier molecular flexibility index (Phi) is 3.60. The molecular formula is C11H14F3N3O. The Morgan fingerprint density at radius 3 is 2.89 bits per heavy atom. The number of halogens is 3. The Labute approximate surface area is 102 Å². The van der Waals surface area contributed by atoms with Crippen LogP contribution in [0.15, 0.2) is 12.3 Å². The van der Waals surface area contributed by atoms with Gasteiger partial charge in [0.25, 0.3) is 0 Å². The predicted octanol–water partition coefficient (Wildman–Crippen LogP) is 2.13. The molecule has 3 N–H and O–H groups in total. The van der Waals surface area contributed by atoms with Crippen LogP contribution in [0.1, 0.15) is 12.1 Å². The Bertz CT molecular complexity index is 416. The van der Waals surface area contributed by atoms with E-state index in [0.29, 0.717) is 25.7 Å². The Morgan fingerprint density at radius 2 is 2.28 bits per heavy atom. The molecule has 7 heteroatoms. The molecule has 0 radical (unpaired) electrons. The van der Waals surface area contributed by atoms with Crippen LogP contribution in [-0.2, 0) is 10.9 Å². The maximum absolute atomic E-state index is 12.5. The van der Waals surface area contributed by atoms with Gasteiger partial charge in [-0.1, -0.05) is 0 Å². The highest BCUT2D eigenvalue weighted by Crippen LogP contribution is 2.31. The Morgan fingerprint density at radius 1 is 1.50 bits per heavy atom. The van der Waals surface area contributed by atoms with Crippen molar-refractivity contribution >= 4 is 11.4 Å². The highest BCUT2D eigenvalue weighted by atomic mass is 19.4. The van der Waals surface area contributed by atoms with E-state index in [4.69, 9.17) is 10.5 Å². The summed E-state index contributed by atoms with van der Waals surface area (Å²) in [5.41, 5.74) is 5.13. The monoisotopic (exact) mass is 261 g/mol. The standard InChI is InChI=1S/C11H14F3N3O/c12-11(13,14)10-3-9(8(15)5-17-10)16-4-7-1-2-18-6-7/h3,5,7H,1-2,4,6,15H2,(H,16,17). The summed E-state index contributed by atoms with van der Waals surface area (Å²) < 4.78 is 42.7. The zero-order valence-electron chi connectivity index (χ0n) is 9.63. The van der Waals surface area contributed by atoms with Crippen LogP contribution in [0.5, 0.6) is 0 Å². The van der Waals surface area contributed by atoms with Crippen molar-refractivity contribution in [2.45, 2.75) is 12.6 Å². The van der Waals surface area contributed by atoms with E-state index < -0.39 is 11.9 Å². The second-order valence-corrected chi connectivity index (χ2v) is 4.27. The lowest BCUT2D eigenvalue weighted by Gasteiger charge is -2.14. The molecule has 1 aromatic rings. The molecule has 2 heterocycles. The van der Waals surface area contributed by atoms with Crippen LogP contribution in [0, 0.1) is 5.92 Å². The van der Waals surface area contributed by atoms with Gasteiger partial charge in [-0.25, -0.2) is 4.98 Å². The first-order valence-electron chi connectivity index (χ1n) is 5.61. The molecule has 0 bridgehead atoms. The minimum absolute atomic E-state index is 0.210. The number of nitrogens with zero attached hydrogens (tertiary/aromatic N) is 1. The first-order valence-corrected chi connectivity index (χ1v) is 5.61.